The van der Waals surface area contributed by atoms with Gasteiger partial charge in [-0.1, -0.05) is 0 Å². The van der Waals surface area contributed by atoms with Gasteiger partial charge >= 0.3 is 5.97 Å². The summed E-state index contributed by atoms with van der Waals surface area (Å²) in [4.78, 5) is 10.2. The lowest BCUT2D eigenvalue weighted by molar-refractivity contribution is -0.134. The number of carboxylic acids is 1. The molecular formula is C8H9NO3. The summed E-state index contributed by atoms with van der Waals surface area (Å²) in [7, 11) is 0. The molecule has 0 saturated carbocycles. The molecule has 0 fully saturated rings. The van der Waals surface area contributed by atoms with E-state index in [1.807, 2.05) is 0 Å². The van der Waals surface area contributed by atoms with Gasteiger partial charge in [-0.25, -0.2) is 0 Å². The van der Waals surface area contributed by atoms with Crippen molar-refractivity contribution in [3.05, 3.63) is 24.2 Å². The third-order valence-corrected chi connectivity index (χ3v) is 1.23. The summed E-state index contributed by atoms with van der Waals surface area (Å²) in [5.74, 6) is -1.00. The van der Waals surface area contributed by atoms with Crippen LogP contribution < -0.4 is 5.32 Å². The lowest BCUT2D eigenvalue weighted by Crippen LogP contribution is -2.11. The van der Waals surface area contributed by atoms with Crippen LogP contribution in [0.2, 0.25) is 0 Å². The van der Waals surface area contributed by atoms with Gasteiger partial charge in [-0.2, -0.15) is 0 Å². The van der Waals surface area contributed by atoms with Crippen LogP contribution in [0.1, 0.15) is 1.37 Å². The Hall–Kier alpha value is -1.71. The predicted octanol–water partition coefficient (Wildman–Crippen LogP) is 0.889. The maximum atomic E-state index is 10.2. The van der Waals surface area contributed by atoms with E-state index in [1.54, 1.807) is 0 Å². The molecule has 0 aliphatic heterocycles. The third-order valence-electron chi connectivity index (χ3n) is 1.23. The van der Waals surface area contributed by atoms with E-state index in [-0.39, 0.29) is 18.3 Å². The monoisotopic (exact) mass is 168 g/mol. The normalized spacial score (nSPS) is 10.5. The number of hydrogen-bond acceptors (Lipinski definition) is 3. The summed E-state index contributed by atoms with van der Waals surface area (Å²) < 4.78 is 7.34. The van der Waals surface area contributed by atoms with Crippen molar-refractivity contribution in [2.45, 2.75) is 0 Å². The van der Waals surface area contributed by atoms with Crippen LogP contribution in [0.5, 0.6) is 5.75 Å². The molecule has 0 saturated heterocycles. The van der Waals surface area contributed by atoms with E-state index in [1.165, 1.54) is 18.2 Å². The molecule has 1 rings (SSSR count). The zero-order chi connectivity index (χ0) is 9.84. The van der Waals surface area contributed by atoms with Crippen LogP contribution >= 0.6 is 0 Å². The molecule has 3 N–H and O–H groups in total. The summed E-state index contributed by atoms with van der Waals surface area (Å²) in [5, 5.41) is 19.8. The minimum atomic E-state index is -0.993. The average molecular weight is 168 g/mol. The highest BCUT2D eigenvalue weighted by atomic mass is 16.4. The first-order chi connectivity index (χ1) is 6.09. The van der Waals surface area contributed by atoms with Gasteiger partial charge in [0.05, 0.1) is 1.37 Å². The molecule has 4 nitrogen and oxygen atoms in total. The summed E-state index contributed by atoms with van der Waals surface area (Å²) in [6, 6.07) is 4.16. The number of anilines is 1. The molecule has 0 aliphatic carbocycles. The molecule has 0 spiro atoms. The number of carboxylic acid groups (broad SMARTS) is 1. The second-order valence-electron chi connectivity index (χ2n) is 2.21. The fraction of sp³-hybridized carbons (Fsp3) is 0.125. The highest BCUT2D eigenvalue weighted by Gasteiger charge is 1.95. The second-order valence-corrected chi connectivity index (χ2v) is 2.21. The van der Waals surface area contributed by atoms with Crippen molar-refractivity contribution in [1.29, 1.82) is 0 Å². The summed E-state index contributed by atoms with van der Waals surface area (Å²) in [5.41, 5.74) is 0.389. The van der Waals surface area contributed by atoms with E-state index in [0.29, 0.717) is 5.69 Å². The zero-order valence-corrected chi connectivity index (χ0v) is 6.24. The number of benzene rings is 1. The molecule has 0 radical (unpaired) electrons. The lowest BCUT2D eigenvalue weighted by Gasteiger charge is -2.01. The Kier molecular flexibility index (Phi) is 2.10. The van der Waals surface area contributed by atoms with Gasteiger partial charge in [0.1, 0.15) is 12.3 Å². The number of hydrogen-bond donors (Lipinski definition) is 3. The Balaban J connectivity index is 2.72. The van der Waals surface area contributed by atoms with Crippen molar-refractivity contribution in [3.8, 4) is 5.75 Å². The van der Waals surface area contributed by atoms with Crippen molar-refractivity contribution in [1.82, 2.24) is 0 Å². The van der Waals surface area contributed by atoms with Gasteiger partial charge in [0.2, 0.25) is 0 Å². The van der Waals surface area contributed by atoms with Gasteiger partial charge in [-0.3, -0.25) is 4.79 Å². The molecule has 0 aromatic heterocycles. The first-order valence-electron chi connectivity index (χ1n) is 3.85. The minimum absolute atomic E-state index is 0.00845. The topological polar surface area (TPSA) is 69.6 Å². The van der Waals surface area contributed by atoms with Gasteiger partial charge in [-0.05, 0) is 24.2 Å². The Labute approximate surface area is 70.9 Å². The zero-order valence-electron chi connectivity index (χ0n) is 7.24. The molecule has 1 aromatic rings. The Morgan fingerprint density at radius 2 is 2.33 bits per heavy atom. The number of phenols is 1. The van der Waals surface area contributed by atoms with Crippen molar-refractivity contribution in [2.24, 2.45) is 0 Å². The maximum absolute atomic E-state index is 10.2. The summed E-state index contributed by atoms with van der Waals surface area (Å²) in [6.45, 7) is -0.239. The molecule has 0 heterocycles. The van der Waals surface area contributed by atoms with Crippen LogP contribution in [0.4, 0.5) is 5.69 Å². The summed E-state index contributed by atoms with van der Waals surface area (Å²) >= 11 is 0. The van der Waals surface area contributed by atoms with E-state index < -0.39 is 5.97 Å². The van der Waals surface area contributed by atoms with Crippen molar-refractivity contribution < 1.29 is 16.4 Å². The molecule has 0 atom stereocenters. The fourth-order valence-electron chi connectivity index (χ4n) is 0.697. The van der Waals surface area contributed by atoms with Crippen LogP contribution in [0.15, 0.2) is 24.2 Å². The Bertz CT molecular complexity index is 327. The number of aliphatic carboxylic acids is 1. The fourth-order valence-corrected chi connectivity index (χ4v) is 0.697. The highest BCUT2D eigenvalue weighted by molar-refractivity contribution is 5.72. The first-order valence-corrected chi connectivity index (χ1v) is 3.35. The molecule has 12 heavy (non-hydrogen) atoms. The van der Waals surface area contributed by atoms with Crippen LogP contribution in [-0.2, 0) is 4.79 Å². The van der Waals surface area contributed by atoms with Crippen molar-refractivity contribution in [2.75, 3.05) is 11.9 Å². The van der Waals surface area contributed by atoms with E-state index in [2.05, 4.69) is 5.32 Å². The van der Waals surface area contributed by atoms with Gasteiger partial charge in [0, 0.05) is 5.69 Å². The number of nitrogens with one attached hydrogen (secondary N) is 1. The van der Waals surface area contributed by atoms with E-state index in [0.717, 1.165) is 0 Å². The standard InChI is InChI=1S/C8H9NO3/c10-7-3-1-6(2-4-7)9-5-8(11)12/h1-4,9-10H,5H2,(H,11,12)/i1D. The number of rotatable bonds is 3. The number of aromatic hydroxyl groups is 1. The Morgan fingerprint density at radius 3 is 2.92 bits per heavy atom. The molecule has 4 heteroatoms. The van der Waals surface area contributed by atoms with Crippen molar-refractivity contribution in [3.63, 3.8) is 0 Å². The smallest absolute Gasteiger partial charge is 0.322 e. The van der Waals surface area contributed by atoms with Gasteiger partial charge < -0.3 is 15.5 Å². The first kappa shape index (κ1) is 6.97. The SMILES string of the molecule is [2H]c1cc(O)ccc1NCC(=O)O. The molecule has 0 bridgehead atoms. The molecule has 64 valence electrons. The summed E-state index contributed by atoms with van der Waals surface area (Å²) in [6.07, 6.45) is 0. The third kappa shape index (κ3) is 2.49. The molecule has 0 unspecified atom stereocenters. The Morgan fingerprint density at radius 1 is 1.58 bits per heavy atom. The average Bonchev–Trinajstić information content (AvgIpc) is 2.02. The van der Waals surface area contributed by atoms with E-state index in [9.17, 15) is 4.79 Å². The lowest BCUT2D eigenvalue weighted by atomic mass is 10.3. The molecular weight excluding hydrogens is 158 g/mol. The molecule has 0 amide bonds. The maximum Gasteiger partial charge on any atom is 0.322 e. The molecule has 1 aromatic carbocycles. The van der Waals surface area contributed by atoms with Crippen LogP contribution in [0.3, 0.4) is 0 Å². The van der Waals surface area contributed by atoms with Crippen LogP contribution in [0.25, 0.3) is 0 Å². The van der Waals surface area contributed by atoms with Gasteiger partial charge in [0.25, 0.3) is 0 Å². The van der Waals surface area contributed by atoms with Gasteiger partial charge in [-0.15, -0.1) is 0 Å². The van der Waals surface area contributed by atoms with E-state index in [4.69, 9.17) is 11.6 Å². The van der Waals surface area contributed by atoms with Crippen molar-refractivity contribution >= 4 is 11.7 Å². The molecule has 0 aliphatic rings. The van der Waals surface area contributed by atoms with E-state index >= 15 is 0 Å². The quantitative estimate of drug-likeness (QED) is 0.586. The number of phenolic OH excluding ortho intramolecular Hbond substituents is 1. The number of carbonyl (C=O) groups is 1. The van der Waals surface area contributed by atoms with Gasteiger partial charge in [0.15, 0.2) is 0 Å². The highest BCUT2D eigenvalue weighted by Crippen LogP contribution is 2.12. The minimum Gasteiger partial charge on any atom is -0.508 e. The van der Waals surface area contributed by atoms with Crippen LogP contribution in [-0.4, -0.2) is 22.7 Å². The second kappa shape index (κ2) is 3.61. The predicted molar refractivity (Wildman–Crippen MR) is 44.2 cm³/mol. The largest absolute Gasteiger partial charge is 0.508 e. The van der Waals surface area contributed by atoms with Crippen LogP contribution in [0, 0.1) is 0 Å².